The van der Waals surface area contributed by atoms with Gasteiger partial charge in [-0.15, -0.1) is 0 Å². The van der Waals surface area contributed by atoms with Gasteiger partial charge in [0.05, 0.1) is 16.3 Å². The molecule has 1 aliphatic rings. The van der Waals surface area contributed by atoms with Crippen molar-refractivity contribution in [2.75, 3.05) is 0 Å². The zero-order valence-corrected chi connectivity index (χ0v) is 14.6. The van der Waals surface area contributed by atoms with Gasteiger partial charge in [0.2, 0.25) is 0 Å². The topological polar surface area (TPSA) is 55.5 Å². The summed E-state index contributed by atoms with van der Waals surface area (Å²) in [4.78, 5) is 15.4. The molecule has 0 N–H and O–H groups in total. The Morgan fingerprint density at radius 2 is 1.81 bits per heavy atom. The quantitative estimate of drug-likeness (QED) is 0.444. The van der Waals surface area contributed by atoms with Gasteiger partial charge in [0.1, 0.15) is 0 Å². The summed E-state index contributed by atoms with van der Waals surface area (Å²) >= 11 is 0. The van der Waals surface area contributed by atoms with Gasteiger partial charge in [-0.3, -0.25) is 15.1 Å². The van der Waals surface area contributed by atoms with Crippen molar-refractivity contribution in [1.29, 1.82) is 0 Å². The van der Waals surface area contributed by atoms with Crippen LogP contribution in [0.25, 0.3) is 16.8 Å². The summed E-state index contributed by atoms with van der Waals surface area (Å²) in [5.74, 6) is 0. The summed E-state index contributed by atoms with van der Waals surface area (Å²) in [6.45, 7) is 4.34. The largest absolute Gasteiger partial charge is 0.270 e. The minimum Gasteiger partial charge on any atom is -0.258 e. The predicted molar refractivity (Wildman–Crippen MR) is 106 cm³/mol. The van der Waals surface area contributed by atoms with Crippen LogP contribution in [0.15, 0.2) is 71.7 Å². The van der Waals surface area contributed by atoms with Crippen LogP contribution in [0.4, 0.5) is 11.4 Å². The molecule has 0 radical (unpaired) electrons. The third-order valence-electron chi connectivity index (χ3n) is 4.93. The van der Waals surface area contributed by atoms with E-state index in [2.05, 4.69) is 44.2 Å². The van der Waals surface area contributed by atoms with Crippen LogP contribution < -0.4 is 0 Å². The molecule has 0 aliphatic carbocycles. The van der Waals surface area contributed by atoms with Crippen molar-refractivity contribution in [3.8, 4) is 0 Å². The van der Waals surface area contributed by atoms with Crippen LogP contribution in [0.2, 0.25) is 0 Å². The molecule has 1 heterocycles. The molecular formula is C22H18N2O2. The number of benzene rings is 3. The Morgan fingerprint density at radius 3 is 2.62 bits per heavy atom. The number of hydrogen-bond donors (Lipinski definition) is 0. The number of nitro groups is 1. The Kier molecular flexibility index (Phi) is 3.69. The minimum absolute atomic E-state index is 0.0917. The molecule has 0 saturated carbocycles. The second-order valence-corrected chi connectivity index (χ2v) is 6.99. The molecular weight excluding hydrogens is 324 g/mol. The molecule has 0 amide bonds. The highest BCUT2D eigenvalue weighted by atomic mass is 16.6. The fraction of sp³-hybridized carbons (Fsp3) is 0.136. The normalized spacial score (nSPS) is 15.2. The molecule has 4 heteroatoms. The standard InChI is InChI=1S/C22H18N2O2/c1-22(2)20(13-10-15-6-5-8-17(14-15)24(25)26)23-19-12-11-16-7-3-4-9-18(16)21(19)22/h3-14H,1-2H3/b13-10+. The highest BCUT2D eigenvalue weighted by molar-refractivity contribution is 6.13. The van der Waals surface area contributed by atoms with Crippen molar-refractivity contribution in [1.82, 2.24) is 0 Å². The second kappa shape index (κ2) is 5.92. The highest BCUT2D eigenvalue weighted by Gasteiger charge is 2.34. The van der Waals surface area contributed by atoms with Gasteiger partial charge in [-0.2, -0.15) is 0 Å². The lowest BCUT2D eigenvalue weighted by molar-refractivity contribution is -0.384. The molecule has 0 fully saturated rings. The van der Waals surface area contributed by atoms with E-state index in [4.69, 9.17) is 4.99 Å². The maximum Gasteiger partial charge on any atom is 0.270 e. The number of aliphatic imine (C=N–C) groups is 1. The van der Waals surface area contributed by atoms with Gasteiger partial charge in [-0.1, -0.05) is 62.4 Å². The molecule has 3 aromatic rings. The average Bonchev–Trinajstić information content (AvgIpc) is 2.90. The second-order valence-electron chi connectivity index (χ2n) is 6.99. The third-order valence-corrected chi connectivity index (χ3v) is 4.93. The summed E-state index contributed by atoms with van der Waals surface area (Å²) < 4.78 is 0. The highest BCUT2D eigenvalue weighted by Crippen LogP contribution is 2.44. The Hall–Kier alpha value is -3.27. The molecule has 0 atom stereocenters. The first kappa shape index (κ1) is 16.2. The summed E-state index contributed by atoms with van der Waals surface area (Å²) in [7, 11) is 0. The number of allylic oxidation sites excluding steroid dienone is 1. The summed E-state index contributed by atoms with van der Waals surface area (Å²) in [5, 5.41) is 13.4. The van der Waals surface area contributed by atoms with Crippen LogP contribution in [-0.2, 0) is 5.41 Å². The molecule has 26 heavy (non-hydrogen) atoms. The van der Waals surface area contributed by atoms with Gasteiger partial charge in [0.25, 0.3) is 5.69 Å². The Labute approximate surface area is 151 Å². The molecule has 3 aromatic carbocycles. The monoisotopic (exact) mass is 342 g/mol. The average molecular weight is 342 g/mol. The van der Waals surface area contributed by atoms with E-state index in [1.54, 1.807) is 12.1 Å². The number of nitro benzene ring substituents is 1. The first-order valence-corrected chi connectivity index (χ1v) is 8.51. The van der Waals surface area contributed by atoms with Crippen LogP contribution in [0, 0.1) is 10.1 Å². The SMILES string of the molecule is CC1(C)C(/C=C/c2cccc([N+](=O)[O-])c2)=Nc2ccc3ccccc3c21. The molecule has 0 aromatic heterocycles. The fourth-order valence-electron chi connectivity index (χ4n) is 3.57. The van der Waals surface area contributed by atoms with E-state index in [1.807, 2.05) is 24.3 Å². The van der Waals surface area contributed by atoms with Crippen molar-refractivity contribution in [2.45, 2.75) is 19.3 Å². The number of fused-ring (bicyclic) bond motifs is 3. The smallest absolute Gasteiger partial charge is 0.258 e. The van der Waals surface area contributed by atoms with E-state index < -0.39 is 0 Å². The van der Waals surface area contributed by atoms with Crippen LogP contribution in [-0.4, -0.2) is 10.6 Å². The van der Waals surface area contributed by atoms with E-state index >= 15 is 0 Å². The molecule has 1 aliphatic heterocycles. The lowest BCUT2D eigenvalue weighted by Gasteiger charge is -2.22. The summed E-state index contributed by atoms with van der Waals surface area (Å²) in [5.41, 5.74) is 3.83. The predicted octanol–water partition coefficient (Wildman–Crippen LogP) is 5.83. The van der Waals surface area contributed by atoms with Crippen LogP contribution >= 0.6 is 0 Å². The van der Waals surface area contributed by atoms with E-state index in [9.17, 15) is 10.1 Å². The van der Waals surface area contributed by atoms with Gasteiger partial charge in [0.15, 0.2) is 0 Å². The van der Waals surface area contributed by atoms with Crippen molar-refractivity contribution in [3.05, 3.63) is 88.0 Å². The lowest BCUT2D eigenvalue weighted by atomic mass is 9.79. The van der Waals surface area contributed by atoms with Gasteiger partial charge in [0, 0.05) is 17.5 Å². The van der Waals surface area contributed by atoms with Crippen LogP contribution in [0.5, 0.6) is 0 Å². The number of non-ortho nitro benzene ring substituents is 1. The fourth-order valence-corrected chi connectivity index (χ4v) is 3.57. The van der Waals surface area contributed by atoms with Crippen molar-refractivity contribution < 1.29 is 4.92 Å². The molecule has 0 spiro atoms. The van der Waals surface area contributed by atoms with Crippen LogP contribution in [0.1, 0.15) is 25.0 Å². The van der Waals surface area contributed by atoms with Gasteiger partial charge < -0.3 is 0 Å². The zero-order valence-electron chi connectivity index (χ0n) is 14.6. The first-order chi connectivity index (χ1) is 12.5. The molecule has 0 bridgehead atoms. The van der Waals surface area contributed by atoms with Crippen LogP contribution in [0.3, 0.4) is 0 Å². The number of nitrogens with zero attached hydrogens (tertiary/aromatic N) is 2. The molecule has 128 valence electrons. The molecule has 4 rings (SSSR count). The Balaban J connectivity index is 1.73. The van der Waals surface area contributed by atoms with E-state index in [1.165, 1.54) is 22.4 Å². The van der Waals surface area contributed by atoms with Crippen molar-refractivity contribution in [3.63, 3.8) is 0 Å². The van der Waals surface area contributed by atoms with Gasteiger partial charge >= 0.3 is 0 Å². The van der Waals surface area contributed by atoms with E-state index in [-0.39, 0.29) is 16.0 Å². The van der Waals surface area contributed by atoms with Gasteiger partial charge in [-0.05, 0) is 34.0 Å². The first-order valence-electron chi connectivity index (χ1n) is 8.51. The Bertz CT molecular complexity index is 1090. The third kappa shape index (κ3) is 2.60. The maximum atomic E-state index is 10.9. The summed E-state index contributed by atoms with van der Waals surface area (Å²) in [6.07, 6.45) is 3.86. The van der Waals surface area contributed by atoms with Gasteiger partial charge in [-0.25, -0.2) is 0 Å². The molecule has 0 unspecified atom stereocenters. The van der Waals surface area contributed by atoms with Crippen molar-refractivity contribution in [2.24, 2.45) is 4.99 Å². The zero-order chi connectivity index (χ0) is 18.3. The number of hydrogen-bond acceptors (Lipinski definition) is 3. The Morgan fingerprint density at radius 1 is 1.00 bits per heavy atom. The minimum atomic E-state index is -0.379. The molecule has 0 saturated heterocycles. The number of rotatable bonds is 3. The molecule has 4 nitrogen and oxygen atoms in total. The lowest BCUT2D eigenvalue weighted by Crippen LogP contribution is -2.24. The summed E-state index contributed by atoms with van der Waals surface area (Å²) in [6, 6.07) is 19.1. The van der Waals surface area contributed by atoms with Crippen molar-refractivity contribution >= 4 is 33.9 Å². The maximum absolute atomic E-state index is 10.9. The van der Waals surface area contributed by atoms with E-state index in [0.29, 0.717) is 0 Å². The van der Waals surface area contributed by atoms with E-state index in [0.717, 1.165) is 17.0 Å².